The fourth-order valence-electron chi connectivity index (χ4n) is 4.80. The van der Waals surface area contributed by atoms with E-state index in [-0.39, 0.29) is 12.1 Å². The van der Waals surface area contributed by atoms with Crippen LogP contribution in [0.25, 0.3) is 0 Å². The zero-order valence-electron chi connectivity index (χ0n) is 40.5. The predicted molar refractivity (Wildman–Crippen MR) is 243 cm³/mol. The highest BCUT2D eigenvalue weighted by atomic mass is 16.5. The molecule has 1 atom stereocenters. The minimum Gasteiger partial charge on any atom is -0.490 e. The first kappa shape index (κ1) is 57.7. The molecule has 0 spiro atoms. The molecule has 0 aromatic carbocycles. The van der Waals surface area contributed by atoms with Gasteiger partial charge >= 0.3 is 5.97 Å². The van der Waals surface area contributed by atoms with Gasteiger partial charge in [-0.25, -0.2) is 4.79 Å². The number of aromatic nitrogens is 1. The van der Waals surface area contributed by atoms with Crippen LogP contribution in [-0.2, 0) is 23.7 Å². The van der Waals surface area contributed by atoms with Crippen LogP contribution in [-0.4, -0.2) is 61.4 Å². The summed E-state index contributed by atoms with van der Waals surface area (Å²) in [5, 5.41) is 0. The van der Waals surface area contributed by atoms with Crippen molar-refractivity contribution in [2.24, 2.45) is 23.7 Å². The highest BCUT2D eigenvalue weighted by Crippen LogP contribution is 2.27. The molecule has 2 heterocycles. The van der Waals surface area contributed by atoms with Crippen LogP contribution in [0, 0.1) is 30.6 Å². The van der Waals surface area contributed by atoms with E-state index in [1.807, 2.05) is 47.6 Å². The molecule has 56 heavy (non-hydrogen) atoms. The van der Waals surface area contributed by atoms with Gasteiger partial charge in [0.15, 0.2) is 0 Å². The normalized spacial score (nSPS) is 13.7. The average Bonchev–Trinajstić information content (AvgIpc) is 3.44. The highest BCUT2D eigenvalue weighted by Gasteiger charge is 2.21. The Morgan fingerprint density at radius 2 is 1.30 bits per heavy atom. The lowest BCUT2D eigenvalue weighted by atomic mass is 10.0. The van der Waals surface area contributed by atoms with Crippen LogP contribution in [0.4, 0.5) is 0 Å². The number of carbonyl (C=O) groups excluding carboxylic acids is 1. The topological polar surface area (TPSA) is 68.2 Å². The summed E-state index contributed by atoms with van der Waals surface area (Å²) in [5.41, 5.74) is 4.25. The van der Waals surface area contributed by atoms with Gasteiger partial charge in [-0.3, -0.25) is 0 Å². The fraction of sp³-hybridized carbons (Fsp3) is 0.735. The number of hydrogen-bond donors (Lipinski definition) is 0. The minimum absolute atomic E-state index is 0.216. The van der Waals surface area contributed by atoms with Crippen LogP contribution in [0.15, 0.2) is 53.9 Å². The number of rotatable bonds is 16. The smallest absolute Gasteiger partial charge is 0.339 e. The molecular formula is C49H91NO6. The first-order chi connectivity index (χ1) is 25.9. The molecule has 1 unspecified atom stereocenters. The Morgan fingerprint density at radius 1 is 0.786 bits per heavy atom. The Kier molecular flexibility index (Phi) is 34.4. The van der Waals surface area contributed by atoms with E-state index < -0.39 is 0 Å². The van der Waals surface area contributed by atoms with Crippen molar-refractivity contribution in [3.05, 3.63) is 70.8 Å². The zero-order valence-corrected chi connectivity index (χ0v) is 40.5. The third kappa shape index (κ3) is 31.5. The molecule has 1 aromatic heterocycles. The summed E-state index contributed by atoms with van der Waals surface area (Å²) >= 11 is 0. The van der Waals surface area contributed by atoms with E-state index in [0.29, 0.717) is 79.3 Å². The van der Waals surface area contributed by atoms with Crippen LogP contribution < -0.4 is 0 Å². The lowest BCUT2D eigenvalue weighted by molar-refractivity contribution is -0.00108. The van der Waals surface area contributed by atoms with Gasteiger partial charge in [0.1, 0.15) is 6.10 Å². The van der Waals surface area contributed by atoms with Crippen molar-refractivity contribution in [1.82, 2.24) is 4.57 Å². The van der Waals surface area contributed by atoms with Crippen LogP contribution in [0.3, 0.4) is 0 Å². The zero-order chi connectivity index (χ0) is 44.1. The van der Waals surface area contributed by atoms with Gasteiger partial charge in [0.05, 0.1) is 49.5 Å². The maximum Gasteiger partial charge on any atom is 0.339 e. The van der Waals surface area contributed by atoms with E-state index in [1.54, 1.807) is 0 Å². The van der Waals surface area contributed by atoms with Crippen LogP contribution in [0.1, 0.15) is 179 Å². The third-order valence-corrected chi connectivity index (χ3v) is 7.66. The molecule has 1 aliphatic rings. The molecule has 0 aliphatic carbocycles. The summed E-state index contributed by atoms with van der Waals surface area (Å²) in [6, 6.07) is 2.33. The lowest BCUT2D eigenvalue weighted by Gasteiger charge is -2.25. The second-order valence-corrected chi connectivity index (χ2v) is 17.3. The van der Waals surface area contributed by atoms with Gasteiger partial charge in [0.25, 0.3) is 0 Å². The number of nitrogens with zero attached hydrogens (tertiary/aromatic N) is 1. The molecule has 0 N–H and O–H groups in total. The Bertz CT molecular complexity index is 1220. The number of hydrogen-bond acceptors (Lipinski definition) is 6. The van der Waals surface area contributed by atoms with Crippen LogP contribution >= 0.6 is 0 Å². The van der Waals surface area contributed by atoms with Crippen LogP contribution in [0.5, 0.6) is 0 Å². The van der Waals surface area contributed by atoms with Crippen molar-refractivity contribution < 1.29 is 28.5 Å². The molecule has 0 radical (unpaired) electrons. The largest absolute Gasteiger partial charge is 0.490 e. The van der Waals surface area contributed by atoms with E-state index in [0.717, 1.165) is 18.1 Å². The molecule has 7 nitrogen and oxygen atoms in total. The molecule has 328 valence electrons. The summed E-state index contributed by atoms with van der Waals surface area (Å²) in [6.45, 7) is 48.8. The molecule has 1 aromatic rings. The maximum atomic E-state index is 11.8. The molecule has 0 bridgehead atoms. The average molecular weight is 790 g/mol. The van der Waals surface area contributed by atoms with Gasteiger partial charge in [-0.2, -0.15) is 0 Å². The van der Waals surface area contributed by atoms with Gasteiger partial charge in [0.2, 0.25) is 0 Å². The minimum atomic E-state index is -0.216. The Hall–Kier alpha value is -2.61. The van der Waals surface area contributed by atoms with Crippen molar-refractivity contribution in [2.75, 3.05) is 26.4 Å². The number of esters is 1. The van der Waals surface area contributed by atoms with Crippen LogP contribution in [0.2, 0.25) is 0 Å². The lowest BCUT2D eigenvalue weighted by Crippen LogP contribution is -2.20. The third-order valence-electron chi connectivity index (χ3n) is 7.66. The first-order valence-corrected chi connectivity index (χ1v) is 21.5. The molecule has 0 fully saturated rings. The second kappa shape index (κ2) is 33.4. The maximum absolute atomic E-state index is 11.8. The predicted octanol–water partition coefficient (Wildman–Crippen LogP) is 13.9. The number of allylic oxidation sites excluding steroid dienone is 7. The van der Waals surface area contributed by atoms with Crippen molar-refractivity contribution >= 4 is 5.97 Å². The fourth-order valence-corrected chi connectivity index (χ4v) is 4.80. The SMILES string of the molecule is CC(C)=C/C=C/C(C)C.CC(C)C1=CC=CC(C(C)C)O1.CC(C)COC(C)C.CC(C)OCCOC(C)C.CCOC(=O)c1cc(C(C)C)n(C(C)C)c1C. The monoisotopic (exact) mass is 790 g/mol. The Morgan fingerprint density at radius 3 is 1.62 bits per heavy atom. The summed E-state index contributed by atoms with van der Waals surface area (Å²) in [5.74, 6) is 3.68. The summed E-state index contributed by atoms with van der Waals surface area (Å²) in [6.07, 6.45) is 14.0. The molecule has 0 saturated carbocycles. The molecule has 7 heteroatoms. The van der Waals surface area contributed by atoms with E-state index in [9.17, 15) is 4.79 Å². The molecule has 1 aliphatic heterocycles. The van der Waals surface area contributed by atoms with E-state index >= 15 is 0 Å². The molecule has 0 amide bonds. The standard InChI is InChI=1S/C14H23NO2.C11H18O.C9H16.C8H18O2.C7H16O/c1-7-17-14(16)12-8-13(9(2)3)15(10(4)5)11(12)6;1-8(2)10-6-5-7-11(12-10)9(3)4;1-8(2)6-5-7-9(3)4;1-7(2)9-5-6-10-8(3)4;1-6(2)5-8-7(3)4/h8-10H,7H2,1-6H3;5-10H,1-4H3;5-8H,1-4H3;7-8H,5-6H2,1-4H3;6-7H,5H2,1-4H3/b;;6-5+;;. The van der Waals surface area contributed by atoms with Gasteiger partial charge in [-0.15, -0.1) is 0 Å². The summed E-state index contributed by atoms with van der Waals surface area (Å²) in [7, 11) is 0. The molecular weight excluding hydrogens is 699 g/mol. The molecule has 2 rings (SSSR count). The second-order valence-electron chi connectivity index (χ2n) is 17.3. The van der Waals surface area contributed by atoms with Gasteiger partial charge < -0.3 is 28.3 Å². The van der Waals surface area contributed by atoms with E-state index in [1.165, 1.54) is 11.3 Å². The summed E-state index contributed by atoms with van der Waals surface area (Å²) in [4.78, 5) is 11.8. The Balaban J connectivity index is -0.000000647. The van der Waals surface area contributed by atoms with E-state index in [2.05, 4.69) is 152 Å². The van der Waals surface area contributed by atoms with Gasteiger partial charge in [-0.05, 0) is 125 Å². The Labute approximate surface area is 347 Å². The van der Waals surface area contributed by atoms with Crippen molar-refractivity contribution in [2.45, 2.75) is 189 Å². The van der Waals surface area contributed by atoms with Crippen molar-refractivity contribution in [3.8, 4) is 0 Å². The van der Waals surface area contributed by atoms with Gasteiger partial charge in [0, 0.05) is 30.0 Å². The number of ether oxygens (including phenoxy) is 5. The molecule has 0 saturated heterocycles. The highest BCUT2D eigenvalue weighted by molar-refractivity contribution is 5.91. The number of carbonyl (C=O) groups is 1. The summed E-state index contributed by atoms with van der Waals surface area (Å²) < 4.78 is 28.9. The van der Waals surface area contributed by atoms with Crippen molar-refractivity contribution in [1.29, 1.82) is 0 Å². The van der Waals surface area contributed by atoms with Gasteiger partial charge in [-0.1, -0.05) is 99.1 Å². The van der Waals surface area contributed by atoms with E-state index in [4.69, 9.17) is 23.7 Å². The first-order valence-electron chi connectivity index (χ1n) is 21.5. The quantitative estimate of drug-likeness (QED) is 0.0944. The van der Waals surface area contributed by atoms with Crippen molar-refractivity contribution in [3.63, 3.8) is 0 Å².